The second-order valence-electron chi connectivity index (χ2n) is 8.57. The van der Waals surface area contributed by atoms with Crippen molar-refractivity contribution in [1.29, 1.82) is 0 Å². The van der Waals surface area contributed by atoms with Gasteiger partial charge in [-0.1, -0.05) is 24.3 Å². The lowest BCUT2D eigenvalue weighted by molar-refractivity contribution is 0.0601. The molecule has 0 amide bonds. The Balaban J connectivity index is 0.000000214. The number of ether oxygens (including phenoxy) is 3. The van der Waals surface area contributed by atoms with Gasteiger partial charge >= 0.3 is 5.97 Å². The monoisotopic (exact) mass is 487 g/mol. The molecular weight excluding hydrogens is 454 g/mol. The first kappa shape index (κ1) is 25.3. The maximum atomic E-state index is 11.1. The van der Waals surface area contributed by atoms with Crippen LogP contribution in [0.3, 0.4) is 0 Å². The molecule has 1 aromatic heterocycles. The standard InChI is InChI=1S/C21H23NO2.C8H10N2O2/c1-22(20-9-6-18-3-2-12-24-21(18)15-20)19-7-4-16(5-8-19)17-10-13-23-14-11-17;1-9-7-5-10-4-3-6(7)8(11)12-2/h4-10,15H,2-3,11-14H2,1H3;3-5,9H,1-2H3. The SMILES string of the molecule is CN(c1ccc(C2=CCOCC2)cc1)c1ccc2c(c1)OCCC2.CNc1cnccc1C(=O)OC. The van der Waals surface area contributed by atoms with Crippen molar-refractivity contribution < 1.29 is 19.0 Å². The first-order valence-electron chi connectivity index (χ1n) is 12.2. The lowest BCUT2D eigenvalue weighted by Crippen LogP contribution is -2.12. The summed E-state index contributed by atoms with van der Waals surface area (Å²) >= 11 is 0. The van der Waals surface area contributed by atoms with E-state index in [0.717, 1.165) is 50.5 Å². The van der Waals surface area contributed by atoms with E-state index >= 15 is 0 Å². The molecule has 0 saturated heterocycles. The van der Waals surface area contributed by atoms with Gasteiger partial charge in [0.05, 0.1) is 44.4 Å². The van der Waals surface area contributed by atoms with Gasteiger partial charge in [-0.05, 0) is 60.2 Å². The van der Waals surface area contributed by atoms with Crippen LogP contribution in [0.4, 0.5) is 17.1 Å². The zero-order chi connectivity index (χ0) is 25.3. The van der Waals surface area contributed by atoms with Crippen LogP contribution in [0.1, 0.15) is 34.3 Å². The van der Waals surface area contributed by atoms with Gasteiger partial charge in [0.2, 0.25) is 0 Å². The Morgan fingerprint density at radius 1 is 1.06 bits per heavy atom. The van der Waals surface area contributed by atoms with E-state index in [1.165, 1.54) is 29.5 Å². The van der Waals surface area contributed by atoms with Gasteiger partial charge in [0.25, 0.3) is 0 Å². The molecule has 188 valence electrons. The number of nitrogens with one attached hydrogen (secondary N) is 1. The van der Waals surface area contributed by atoms with Crippen LogP contribution in [-0.2, 0) is 15.9 Å². The van der Waals surface area contributed by atoms with E-state index in [4.69, 9.17) is 9.47 Å². The van der Waals surface area contributed by atoms with Gasteiger partial charge in [-0.2, -0.15) is 0 Å². The number of anilines is 3. The summed E-state index contributed by atoms with van der Waals surface area (Å²) in [5.41, 5.74) is 7.51. The minimum atomic E-state index is -0.359. The van der Waals surface area contributed by atoms with Crippen LogP contribution >= 0.6 is 0 Å². The third-order valence-electron chi connectivity index (χ3n) is 6.37. The highest BCUT2D eigenvalue weighted by molar-refractivity contribution is 5.95. The minimum absolute atomic E-state index is 0.359. The number of hydrogen-bond donors (Lipinski definition) is 1. The average molecular weight is 488 g/mol. The number of benzene rings is 2. The van der Waals surface area contributed by atoms with Crippen molar-refractivity contribution in [3.63, 3.8) is 0 Å². The highest BCUT2D eigenvalue weighted by Gasteiger charge is 2.14. The number of hydrogen-bond acceptors (Lipinski definition) is 7. The lowest BCUT2D eigenvalue weighted by atomic mass is 10.0. The number of carbonyl (C=O) groups excluding carboxylic acids is 1. The molecule has 0 fully saturated rings. The van der Waals surface area contributed by atoms with Crippen LogP contribution < -0.4 is 15.0 Å². The molecule has 0 saturated carbocycles. The predicted octanol–water partition coefficient (Wildman–Crippen LogP) is 5.49. The molecule has 0 spiro atoms. The molecule has 7 heteroatoms. The number of pyridine rings is 1. The summed E-state index contributed by atoms with van der Waals surface area (Å²) in [5, 5.41) is 2.85. The number of nitrogens with zero attached hydrogens (tertiary/aromatic N) is 2. The third-order valence-corrected chi connectivity index (χ3v) is 6.37. The molecule has 2 aliphatic rings. The number of aromatic nitrogens is 1. The summed E-state index contributed by atoms with van der Waals surface area (Å²) in [5.74, 6) is 0.677. The van der Waals surface area contributed by atoms with E-state index in [1.54, 1.807) is 25.5 Å². The van der Waals surface area contributed by atoms with Crippen molar-refractivity contribution in [1.82, 2.24) is 4.98 Å². The highest BCUT2D eigenvalue weighted by Crippen LogP contribution is 2.33. The molecule has 0 bridgehead atoms. The molecule has 3 aromatic rings. The Labute approximate surface area is 212 Å². The number of carbonyl (C=O) groups is 1. The van der Waals surface area contributed by atoms with E-state index in [2.05, 4.69) is 75.5 Å². The Morgan fingerprint density at radius 2 is 1.86 bits per heavy atom. The quantitative estimate of drug-likeness (QED) is 0.477. The molecule has 0 radical (unpaired) electrons. The van der Waals surface area contributed by atoms with Crippen LogP contribution in [0.25, 0.3) is 5.57 Å². The smallest absolute Gasteiger partial charge is 0.340 e. The van der Waals surface area contributed by atoms with Crippen molar-refractivity contribution in [2.24, 2.45) is 0 Å². The summed E-state index contributed by atoms with van der Waals surface area (Å²) < 4.78 is 15.8. The van der Waals surface area contributed by atoms with E-state index in [-0.39, 0.29) is 5.97 Å². The summed E-state index contributed by atoms with van der Waals surface area (Å²) in [6.45, 7) is 2.38. The van der Waals surface area contributed by atoms with Crippen LogP contribution in [0, 0.1) is 0 Å². The molecule has 0 unspecified atom stereocenters. The van der Waals surface area contributed by atoms with Crippen molar-refractivity contribution in [3.05, 3.63) is 83.7 Å². The number of esters is 1. The van der Waals surface area contributed by atoms with Crippen molar-refractivity contribution >= 4 is 28.6 Å². The molecule has 3 heterocycles. The van der Waals surface area contributed by atoms with Gasteiger partial charge < -0.3 is 24.4 Å². The van der Waals surface area contributed by atoms with Crippen molar-refractivity contribution in [3.8, 4) is 5.75 Å². The van der Waals surface area contributed by atoms with Crippen LogP contribution in [0.5, 0.6) is 5.75 Å². The van der Waals surface area contributed by atoms with E-state index in [9.17, 15) is 4.79 Å². The van der Waals surface area contributed by atoms with Crippen LogP contribution in [0.2, 0.25) is 0 Å². The fraction of sp³-hybridized carbons (Fsp3) is 0.310. The van der Waals surface area contributed by atoms with E-state index < -0.39 is 0 Å². The molecule has 36 heavy (non-hydrogen) atoms. The van der Waals surface area contributed by atoms with Gasteiger partial charge in [0.15, 0.2) is 0 Å². The predicted molar refractivity (Wildman–Crippen MR) is 143 cm³/mol. The molecule has 1 N–H and O–H groups in total. The summed E-state index contributed by atoms with van der Waals surface area (Å²) in [7, 11) is 5.18. The van der Waals surface area contributed by atoms with Crippen LogP contribution in [0.15, 0.2) is 67.0 Å². The zero-order valence-electron chi connectivity index (χ0n) is 21.1. The Hall–Kier alpha value is -3.84. The number of rotatable bonds is 5. The number of methoxy groups -OCH3 is 1. The molecule has 2 aromatic carbocycles. The topological polar surface area (TPSA) is 72.9 Å². The van der Waals surface area contributed by atoms with Gasteiger partial charge in [0.1, 0.15) is 5.75 Å². The van der Waals surface area contributed by atoms with Crippen molar-refractivity contribution in [2.75, 3.05) is 51.2 Å². The molecule has 0 aliphatic carbocycles. The van der Waals surface area contributed by atoms with Gasteiger partial charge in [-0.3, -0.25) is 4.98 Å². The summed E-state index contributed by atoms with van der Waals surface area (Å²) in [4.78, 5) is 17.2. The maximum absolute atomic E-state index is 11.1. The molecule has 7 nitrogen and oxygen atoms in total. The fourth-order valence-corrected chi connectivity index (χ4v) is 4.26. The highest BCUT2D eigenvalue weighted by atomic mass is 16.5. The minimum Gasteiger partial charge on any atom is -0.493 e. The fourth-order valence-electron chi connectivity index (χ4n) is 4.26. The zero-order valence-corrected chi connectivity index (χ0v) is 21.1. The Bertz CT molecular complexity index is 1210. The molecule has 0 atom stereocenters. The second kappa shape index (κ2) is 12.2. The maximum Gasteiger partial charge on any atom is 0.340 e. The first-order valence-corrected chi connectivity index (χ1v) is 12.2. The number of fused-ring (bicyclic) bond motifs is 1. The van der Waals surface area contributed by atoms with Crippen LogP contribution in [-0.4, -0.2) is 52.0 Å². The van der Waals surface area contributed by atoms with E-state index in [1.807, 2.05) is 0 Å². The molecule has 5 rings (SSSR count). The number of aryl methyl sites for hydroxylation is 1. The first-order chi connectivity index (χ1) is 17.6. The Morgan fingerprint density at radius 3 is 2.58 bits per heavy atom. The summed E-state index contributed by atoms with van der Waals surface area (Å²) in [6.07, 6.45) is 8.54. The average Bonchev–Trinajstić information content (AvgIpc) is 2.97. The second-order valence-corrected chi connectivity index (χ2v) is 8.57. The van der Waals surface area contributed by atoms with E-state index in [0.29, 0.717) is 11.3 Å². The molecule has 2 aliphatic heterocycles. The Kier molecular flexibility index (Phi) is 8.57. The summed E-state index contributed by atoms with van der Waals surface area (Å²) in [6, 6.07) is 16.9. The van der Waals surface area contributed by atoms with Gasteiger partial charge in [-0.15, -0.1) is 0 Å². The van der Waals surface area contributed by atoms with Gasteiger partial charge in [0, 0.05) is 37.7 Å². The van der Waals surface area contributed by atoms with Gasteiger partial charge in [-0.25, -0.2) is 4.79 Å². The normalized spacial score (nSPS) is 14.2. The third kappa shape index (κ3) is 6.04. The molecular formula is C29H33N3O4. The lowest BCUT2D eigenvalue weighted by Gasteiger charge is -2.24. The van der Waals surface area contributed by atoms with Crippen molar-refractivity contribution in [2.45, 2.75) is 19.3 Å². The largest absolute Gasteiger partial charge is 0.493 e.